The zero-order chi connectivity index (χ0) is 15.5. The van der Waals surface area contributed by atoms with Crippen molar-refractivity contribution in [2.75, 3.05) is 6.61 Å². The van der Waals surface area contributed by atoms with Crippen molar-refractivity contribution in [3.63, 3.8) is 0 Å². The van der Waals surface area contributed by atoms with Gasteiger partial charge in [-0.05, 0) is 12.1 Å². The van der Waals surface area contributed by atoms with Crippen LogP contribution in [-0.4, -0.2) is 47.3 Å². The van der Waals surface area contributed by atoms with E-state index in [0.29, 0.717) is 6.07 Å². The first-order chi connectivity index (χ1) is 9.19. The summed E-state index contributed by atoms with van der Waals surface area (Å²) in [5, 5.41) is 37.2. The molecule has 0 heterocycles. The van der Waals surface area contributed by atoms with E-state index in [9.17, 15) is 28.4 Å². The Labute approximate surface area is 112 Å². The van der Waals surface area contributed by atoms with Crippen LogP contribution < -0.4 is 4.72 Å². The number of rotatable bonds is 6. The topological polar surface area (TPSA) is 167 Å². The van der Waals surface area contributed by atoms with Crippen molar-refractivity contribution in [1.29, 1.82) is 0 Å². The molecule has 20 heavy (non-hydrogen) atoms. The summed E-state index contributed by atoms with van der Waals surface area (Å²) in [6, 6.07) is 0.448. The normalized spacial score (nSPS) is 12.8. The van der Waals surface area contributed by atoms with E-state index >= 15 is 0 Å². The van der Waals surface area contributed by atoms with Gasteiger partial charge in [0.25, 0.3) is 0 Å². The number of carbonyl (C=O) groups is 1. The number of phenols is 1. The lowest BCUT2D eigenvalue weighted by atomic mass is 10.3. The fourth-order valence-corrected chi connectivity index (χ4v) is 2.44. The minimum absolute atomic E-state index is 0.577. The molecule has 0 amide bonds. The molecular weight excluding hydrogens is 296 g/mol. The highest BCUT2D eigenvalue weighted by Gasteiger charge is 2.27. The Balaban J connectivity index is 3.19. The second-order valence-corrected chi connectivity index (χ2v) is 5.32. The van der Waals surface area contributed by atoms with Crippen molar-refractivity contribution in [3.8, 4) is 5.75 Å². The molecular formula is C9H10N2O8S. The molecule has 1 atom stereocenters. The lowest BCUT2D eigenvalue weighted by Gasteiger charge is -2.12. The number of nitro groups is 1. The van der Waals surface area contributed by atoms with Crippen LogP contribution >= 0.6 is 0 Å². The Kier molecular flexibility index (Phi) is 4.60. The molecule has 0 saturated heterocycles. The Morgan fingerprint density at radius 3 is 2.50 bits per heavy atom. The SMILES string of the molecule is O=C(O)[C@@H](CO)NS(=O)(=O)c1ccc(O)c([N+](=O)[O-])c1. The maximum atomic E-state index is 11.8. The van der Waals surface area contributed by atoms with Gasteiger partial charge in [0.1, 0.15) is 6.04 Å². The minimum atomic E-state index is -4.40. The van der Waals surface area contributed by atoms with Crippen molar-refractivity contribution in [2.24, 2.45) is 0 Å². The van der Waals surface area contributed by atoms with Crippen LogP contribution in [0.3, 0.4) is 0 Å². The number of carboxylic acid groups (broad SMARTS) is 1. The third kappa shape index (κ3) is 3.40. The molecule has 0 unspecified atom stereocenters. The number of aliphatic hydroxyl groups is 1. The summed E-state index contributed by atoms with van der Waals surface area (Å²) in [5.41, 5.74) is -0.844. The summed E-state index contributed by atoms with van der Waals surface area (Å²) in [5.74, 6) is -2.34. The maximum absolute atomic E-state index is 11.8. The zero-order valence-corrected chi connectivity index (χ0v) is 10.6. The highest BCUT2D eigenvalue weighted by molar-refractivity contribution is 7.89. The number of sulfonamides is 1. The molecule has 0 bridgehead atoms. The van der Waals surface area contributed by atoms with Crippen molar-refractivity contribution in [2.45, 2.75) is 10.9 Å². The van der Waals surface area contributed by atoms with Crippen LogP contribution in [0.5, 0.6) is 5.75 Å². The van der Waals surface area contributed by atoms with Gasteiger partial charge in [-0.1, -0.05) is 0 Å². The summed E-state index contributed by atoms with van der Waals surface area (Å²) in [7, 11) is -4.40. The second-order valence-electron chi connectivity index (χ2n) is 3.60. The molecule has 0 fully saturated rings. The summed E-state index contributed by atoms with van der Waals surface area (Å²) >= 11 is 0. The van der Waals surface area contributed by atoms with Gasteiger partial charge in [-0.15, -0.1) is 0 Å². The van der Waals surface area contributed by atoms with Crippen LogP contribution in [0.2, 0.25) is 0 Å². The molecule has 0 spiro atoms. The van der Waals surface area contributed by atoms with Crippen molar-refractivity contribution in [1.82, 2.24) is 4.72 Å². The number of phenolic OH excluding ortho intramolecular Hbond substituents is 1. The third-order valence-corrected chi connectivity index (χ3v) is 3.70. The van der Waals surface area contributed by atoms with Gasteiger partial charge in [0.05, 0.1) is 16.4 Å². The minimum Gasteiger partial charge on any atom is -0.502 e. The Morgan fingerprint density at radius 2 is 2.05 bits per heavy atom. The second kappa shape index (κ2) is 5.81. The zero-order valence-electron chi connectivity index (χ0n) is 9.75. The molecule has 1 aromatic rings. The van der Waals surface area contributed by atoms with Gasteiger partial charge in [0.2, 0.25) is 10.0 Å². The predicted molar refractivity (Wildman–Crippen MR) is 63.6 cm³/mol. The van der Waals surface area contributed by atoms with E-state index in [1.54, 1.807) is 4.72 Å². The van der Waals surface area contributed by atoms with Gasteiger partial charge in [0.15, 0.2) is 5.75 Å². The molecule has 0 saturated carbocycles. The maximum Gasteiger partial charge on any atom is 0.324 e. The Bertz CT molecular complexity index is 641. The fraction of sp³-hybridized carbons (Fsp3) is 0.222. The molecule has 1 aromatic carbocycles. The highest BCUT2D eigenvalue weighted by Crippen LogP contribution is 2.28. The lowest BCUT2D eigenvalue weighted by Crippen LogP contribution is -2.43. The number of nitrogens with zero attached hydrogens (tertiary/aromatic N) is 1. The van der Waals surface area contributed by atoms with Crippen LogP contribution in [-0.2, 0) is 14.8 Å². The van der Waals surface area contributed by atoms with Crippen LogP contribution in [0.15, 0.2) is 23.1 Å². The first-order valence-corrected chi connectivity index (χ1v) is 6.50. The molecule has 1 rings (SSSR count). The van der Waals surface area contributed by atoms with Gasteiger partial charge < -0.3 is 15.3 Å². The molecule has 110 valence electrons. The van der Waals surface area contributed by atoms with E-state index in [4.69, 9.17) is 10.2 Å². The first-order valence-electron chi connectivity index (χ1n) is 5.02. The van der Waals surface area contributed by atoms with E-state index in [1.165, 1.54) is 0 Å². The summed E-state index contributed by atoms with van der Waals surface area (Å²) < 4.78 is 25.3. The first kappa shape index (κ1) is 15.8. The standard InChI is InChI=1S/C9H10N2O8S/c12-4-6(9(14)15)10-20(18,19)5-1-2-8(13)7(3-5)11(16)17/h1-3,6,10,12-13H,4H2,(H,14,15)/t6-/m1/s1. The number of benzene rings is 1. The third-order valence-electron chi connectivity index (χ3n) is 2.23. The van der Waals surface area contributed by atoms with Crippen molar-refractivity contribution < 1.29 is 33.5 Å². The van der Waals surface area contributed by atoms with Gasteiger partial charge in [-0.2, -0.15) is 4.72 Å². The molecule has 0 aliphatic carbocycles. The van der Waals surface area contributed by atoms with E-state index in [0.717, 1.165) is 12.1 Å². The highest BCUT2D eigenvalue weighted by atomic mass is 32.2. The molecule has 4 N–H and O–H groups in total. The molecule has 0 aliphatic rings. The predicted octanol–water partition coefficient (Wildman–Crippen LogP) is -0.976. The van der Waals surface area contributed by atoms with Crippen molar-refractivity contribution in [3.05, 3.63) is 28.3 Å². The monoisotopic (exact) mass is 306 g/mol. The van der Waals surface area contributed by atoms with E-state index in [-0.39, 0.29) is 0 Å². The van der Waals surface area contributed by atoms with Gasteiger partial charge in [0, 0.05) is 6.07 Å². The number of nitro benzene ring substituents is 1. The van der Waals surface area contributed by atoms with E-state index < -0.39 is 49.9 Å². The number of aliphatic hydroxyl groups excluding tert-OH is 1. The molecule has 0 aliphatic heterocycles. The molecule has 11 heteroatoms. The number of hydrogen-bond donors (Lipinski definition) is 4. The average molecular weight is 306 g/mol. The largest absolute Gasteiger partial charge is 0.502 e. The number of hydrogen-bond acceptors (Lipinski definition) is 7. The summed E-state index contributed by atoms with van der Waals surface area (Å²) in [6.45, 7) is -0.991. The van der Waals surface area contributed by atoms with Crippen molar-refractivity contribution >= 4 is 21.7 Å². The molecule has 10 nitrogen and oxygen atoms in total. The van der Waals surface area contributed by atoms with Crippen LogP contribution in [0.4, 0.5) is 5.69 Å². The number of aromatic hydroxyl groups is 1. The van der Waals surface area contributed by atoms with E-state index in [2.05, 4.69) is 0 Å². The van der Waals surface area contributed by atoms with Gasteiger partial charge >= 0.3 is 11.7 Å². The Morgan fingerprint density at radius 1 is 1.45 bits per heavy atom. The Hall–Kier alpha value is -2.24. The quantitative estimate of drug-likeness (QED) is 0.384. The summed E-state index contributed by atoms with van der Waals surface area (Å²) in [4.78, 5) is 19.6. The molecule has 0 aromatic heterocycles. The van der Waals surface area contributed by atoms with Crippen LogP contribution in [0.25, 0.3) is 0 Å². The number of nitrogens with one attached hydrogen (secondary N) is 1. The molecule has 0 radical (unpaired) electrons. The summed E-state index contributed by atoms with van der Waals surface area (Å²) in [6.07, 6.45) is 0. The lowest BCUT2D eigenvalue weighted by molar-refractivity contribution is -0.386. The fourth-order valence-electron chi connectivity index (χ4n) is 1.24. The van der Waals surface area contributed by atoms with Crippen LogP contribution in [0, 0.1) is 10.1 Å². The van der Waals surface area contributed by atoms with Crippen LogP contribution in [0.1, 0.15) is 0 Å². The van der Waals surface area contributed by atoms with Gasteiger partial charge in [-0.25, -0.2) is 8.42 Å². The smallest absolute Gasteiger partial charge is 0.324 e. The van der Waals surface area contributed by atoms with E-state index in [1.807, 2.05) is 0 Å². The number of aliphatic carboxylic acids is 1. The number of carboxylic acids is 1. The average Bonchev–Trinajstić information content (AvgIpc) is 2.35. The van der Waals surface area contributed by atoms with Gasteiger partial charge in [-0.3, -0.25) is 14.9 Å².